The molecule has 270 valence electrons. The molecule has 1 aliphatic rings. The van der Waals surface area contributed by atoms with E-state index in [0.717, 1.165) is 0 Å². The van der Waals surface area contributed by atoms with Gasteiger partial charge < -0.3 is 0 Å². The summed E-state index contributed by atoms with van der Waals surface area (Å²) >= 11 is 0. The molecule has 5 aromatic rings. The van der Waals surface area contributed by atoms with E-state index in [-0.39, 0.29) is 5.41 Å². The Labute approximate surface area is 312 Å². The highest BCUT2D eigenvalue weighted by atomic mass is 14.4. The van der Waals surface area contributed by atoms with Crippen molar-refractivity contribution in [3.05, 3.63) is 154 Å². The van der Waals surface area contributed by atoms with Crippen molar-refractivity contribution in [2.24, 2.45) is 0 Å². The Hall–Kier alpha value is -3.90. The van der Waals surface area contributed by atoms with Crippen molar-refractivity contribution in [2.45, 2.75) is 138 Å². The maximum absolute atomic E-state index is 2.45. The summed E-state index contributed by atoms with van der Waals surface area (Å²) in [5.74, 6) is 3.62. The smallest absolute Gasteiger partial charge is 0.0159 e. The molecule has 0 spiro atoms. The molecule has 0 aromatic heterocycles. The summed E-state index contributed by atoms with van der Waals surface area (Å²) in [6.45, 7) is 32.0. The van der Waals surface area contributed by atoms with E-state index >= 15 is 0 Å². The Bertz CT molecular complexity index is 1770. The second-order valence-electron chi connectivity index (χ2n) is 16.9. The molecule has 0 bridgehead atoms. The Morgan fingerprint density at radius 3 is 1.14 bits per heavy atom. The zero-order valence-electron chi connectivity index (χ0n) is 34.4. The van der Waals surface area contributed by atoms with Gasteiger partial charge in [0, 0.05) is 5.41 Å². The lowest BCUT2D eigenvalue weighted by Crippen LogP contribution is -2.15. The summed E-state index contributed by atoms with van der Waals surface area (Å²) in [5.41, 5.74) is 17.4. The van der Waals surface area contributed by atoms with Gasteiger partial charge in [0.25, 0.3) is 0 Å². The van der Waals surface area contributed by atoms with Crippen LogP contribution in [0, 0.1) is 0 Å². The molecule has 5 aromatic carbocycles. The van der Waals surface area contributed by atoms with Gasteiger partial charge in [-0.1, -0.05) is 200 Å². The summed E-state index contributed by atoms with van der Waals surface area (Å²) in [6.07, 6.45) is 0. The van der Waals surface area contributed by atoms with Gasteiger partial charge in [0.15, 0.2) is 0 Å². The van der Waals surface area contributed by atoms with Crippen LogP contribution in [0.2, 0.25) is 0 Å². The van der Waals surface area contributed by atoms with Gasteiger partial charge in [0.2, 0.25) is 0 Å². The Balaban J connectivity index is 0.000000201. The molecule has 51 heavy (non-hydrogen) atoms. The minimum absolute atomic E-state index is 0.0512. The van der Waals surface area contributed by atoms with Gasteiger partial charge in [-0.25, -0.2) is 0 Å². The molecule has 0 amide bonds. The van der Waals surface area contributed by atoms with E-state index in [1.165, 1.54) is 66.8 Å². The molecule has 0 heteroatoms. The molecule has 0 nitrogen and oxygen atoms in total. The molecule has 0 heterocycles. The quantitative estimate of drug-likeness (QED) is 0.161. The van der Waals surface area contributed by atoms with Crippen LogP contribution >= 0.6 is 0 Å². The standard InChI is InChI=1S/C27H30.2C12H18/c1-17(2)20-11-9-12-21(26(20)18(3)4)19-14-15-23-22-10-7-8-13-24(22)27(5,6)25(23)16-19;2*1-9(2)11-7-5-6-8-12(11)10(3)4/h7-18H,1-6H3;2*5-10H,1-4H3. The van der Waals surface area contributed by atoms with E-state index in [0.29, 0.717) is 35.5 Å². The van der Waals surface area contributed by atoms with E-state index in [1.54, 1.807) is 0 Å². The fraction of sp³-hybridized carbons (Fsp3) is 0.412. The van der Waals surface area contributed by atoms with E-state index in [2.05, 4.69) is 206 Å². The van der Waals surface area contributed by atoms with E-state index in [9.17, 15) is 0 Å². The number of rotatable bonds is 7. The minimum atomic E-state index is 0.0512. The van der Waals surface area contributed by atoms with Crippen molar-refractivity contribution in [2.75, 3.05) is 0 Å². The van der Waals surface area contributed by atoms with Crippen LogP contribution in [-0.4, -0.2) is 0 Å². The molecule has 0 radical (unpaired) electrons. The lowest BCUT2D eigenvalue weighted by Gasteiger charge is -2.24. The number of fused-ring (bicyclic) bond motifs is 3. The van der Waals surface area contributed by atoms with Crippen LogP contribution in [0.1, 0.15) is 177 Å². The molecule has 0 atom stereocenters. The largest absolute Gasteiger partial charge is 0.0620 e. The van der Waals surface area contributed by atoms with Gasteiger partial charge in [0.1, 0.15) is 0 Å². The first kappa shape index (κ1) is 39.9. The molecular formula is C51H66. The number of hydrogen-bond acceptors (Lipinski definition) is 0. The van der Waals surface area contributed by atoms with Gasteiger partial charge in [-0.2, -0.15) is 0 Å². The Morgan fingerprint density at radius 2 is 0.706 bits per heavy atom. The van der Waals surface area contributed by atoms with Gasteiger partial charge in [-0.05, 0) is 108 Å². The summed E-state index contributed by atoms with van der Waals surface area (Å²) in [7, 11) is 0. The number of benzene rings is 5. The normalized spacial score (nSPS) is 12.9. The van der Waals surface area contributed by atoms with Crippen molar-refractivity contribution >= 4 is 0 Å². The first-order chi connectivity index (χ1) is 24.1. The second kappa shape index (κ2) is 17.1. The molecule has 0 aliphatic heterocycles. The average Bonchev–Trinajstić information content (AvgIpc) is 3.33. The van der Waals surface area contributed by atoms with E-state index in [1.807, 2.05) is 0 Å². The third-order valence-electron chi connectivity index (χ3n) is 10.7. The average molecular weight is 679 g/mol. The van der Waals surface area contributed by atoms with Gasteiger partial charge in [0.05, 0.1) is 0 Å². The molecule has 0 saturated carbocycles. The van der Waals surface area contributed by atoms with Crippen LogP contribution < -0.4 is 0 Å². The van der Waals surface area contributed by atoms with Crippen LogP contribution in [0.4, 0.5) is 0 Å². The summed E-state index contributed by atoms with van der Waals surface area (Å²) in [6, 6.07) is 40.3. The SMILES string of the molecule is CC(C)c1cccc(-c2ccc3c(c2)C(C)(C)c2ccccc2-3)c1C(C)C.CC(C)c1ccccc1C(C)C.CC(C)c1ccccc1C(C)C. The minimum Gasteiger partial charge on any atom is -0.0620 e. The van der Waals surface area contributed by atoms with Gasteiger partial charge in [-0.3, -0.25) is 0 Å². The van der Waals surface area contributed by atoms with Crippen molar-refractivity contribution in [1.29, 1.82) is 0 Å². The predicted octanol–water partition coefficient (Wildman–Crippen LogP) is 15.8. The third kappa shape index (κ3) is 8.95. The molecule has 0 N–H and O–H groups in total. The third-order valence-corrected chi connectivity index (χ3v) is 10.7. The van der Waals surface area contributed by atoms with E-state index in [4.69, 9.17) is 0 Å². The van der Waals surface area contributed by atoms with Crippen molar-refractivity contribution in [1.82, 2.24) is 0 Å². The zero-order valence-corrected chi connectivity index (χ0v) is 34.4. The summed E-state index contributed by atoms with van der Waals surface area (Å²) in [4.78, 5) is 0. The van der Waals surface area contributed by atoms with Crippen LogP contribution in [0.15, 0.2) is 109 Å². The lowest BCUT2D eigenvalue weighted by atomic mass is 9.80. The van der Waals surface area contributed by atoms with Crippen molar-refractivity contribution in [3.63, 3.8) is 0 Å². The number of hydrogen-bond donors (Lipinski definition) is 0. The van der Waals surface area contributed by atoms with Crippen LogP contribution in [0.3, 0.4) is 0 Å². The van der Waals surface area contributed by atoms with Crippen LogP contribution in [0.5, 0.6) is 0 Å². The van der Waals surface area contributed by atoms with Gasteiger partial charge in [-0.15, -0.1) is 0 Å². The lowest BCUT2D eigenvalue weighted by molar-refractivity contribution is 0.660. The molecule has 0 fully saturated rings. The molecular weight excluding hydrogens is 613 g/mol. The molecule has 0 saturated heterocycles. The topological polar surface area (TPSA) is 0 Å². The first-order valence-corrected chi connectivity index (χ1v) is 19.6. The maximum Gasteiger partial charge on any atom is 0.0159 e. The monoisotopic (exact) mass is 679 g/mol. The van der Waals surface area contributed by atoms with Crippen LogP contribution in [0.25, 0.3) is 22.3 Å². The van der Waals surface area contributed by atoms with Gasteiger partial charge >= 0.3 is 0 Å². The predicted molar refractivity (Wildman–Crippen MR) is 227 cm³/mol. The van der Waals surface area contributed by atoms with Crippen molar-refractivity contribution in [3.8, 4) is 22.3 Å². The Kier molecular flexibility index (Phi) is 13.4. The maximum atomic E-state index is 2.45. The van der Waals surface area contributed by atoms with Crippen molar-refractivity contribution < 1.29 is 0 Å². The highest BCUT2D eigenvalue weighted by molar-refractivity contribution is 5.84. The first-order valence-electron chi connectivity index (χ1n) is 19.6. The highest BCUT2D eigenvalue weighted by Crippen LogP contribution is 2.50. The fourth-order valence-electron chi connectivity index (χ4n) is 7.98. The van der Waals surface area contributed by atoms with E-state index < -0.39 is 0 Å². The summed E-state index contributed by atoms with van der Waals surface area (Å²) < 4.78 is 0. The second-order valence-corrected chi connectivity index (χ2v) is 16.9. The fourth-order valence-corrected chi connectivity index (χ4v) is 7.98. The highest BCUT2D eigenvalue weighted by Gasteiger charge is 2.35. The zero-order chi connectivity index (χ0) is 37.6. The molecule has 0 unspecified atom stereocenters. The Morgan fingerprint density at radius 1 is 0.333 bits per heavy atom. The van der Waals surface area contributed by atoms with Crippen LogP contribution in [-0.2, 0) is 5.41 Å². The summed E-state index contributed by atoms with van der Waals surface area (Å²) in [5, 5.41) is 0. The molecule has 1 aliphatic carbocycles. The molecule has 6 rings (SSSR count).